The Morgan fingerprint density at radius 3 is 0.794 bits per heavy atom. The third kappa shape index (κ3) is 46.1. The second kappa shape index (κ2) is 54.5. The summed E-state index contributed by atoms with van der Waals surface area (Å²) in [6, 6.07) is 26.9. The van der Waals surface area contributed by atoms with Gasteiger partial charge in [0.1, 0.15) is 11.5 Å². The van der Waals surface area contributed by atoms with Gasteiger partial charge in [0.05, 0.1) is 5.75 Å². The summed E-state index contributed by atoms with van der Waals surface area (Å²) in [6.07, 6.45) is 0. The molecule has 0 aliphatic heterocycles. The van der Waals surface area contributed by atoms with Gasteiger partial charge in [0, 0.05) is 114 Å². The van der Waals surface area contributed by atoms with E-state index in [2.05, 4.69) is 11.8 Å². The molecule has 0 atom stereocenters. The van der Waals surface area contributed by atoms with E-state index in [0.29, 0.717) is 11.5 Å². The van der Waals surface area contributed by atoms with E-state index in [1.807, 2.05) is 84.0 Å². The molecule has 3 aromatic rings. The van der Waals surface area contributed by atoms with Crippen LogP contribution in [-0.2, 0) is 114 Å². The summed E-state index contributed by atoms with van der Waals surface area (Å²) in [5.41, 5.74) is 0. The van der Waals surface area contributed by atoms with Crippen LogP contribution in [0, 0.1) is 7.11 Å². The fourth-order valence-corrected chi connectivity index (χ4v) is 1.37. The van der Waals surface area contributed by atoms with E-state index in [1.165, 1.54) is 0 Å². The van der Waals surface area contributed by atoms with E-state index in [9.17, 15) is 0 Å². The summed E-state index contributed by atoms with van der Waals surface area (Å²) in [5, 5.41) is 17.3. The molecule has 0 aliphatic carbocycles. The predicted molar refractivity (Wildman–Crippen MR) is 123 cm³/mol. The molecule has 0 aromatic heterocycles. The second-order valence-electron chi connectivity index (χ2n) is 4.13. The van der Waals surface area contributed by atoms with Crippen molar-refractivity contribution in [2.45, 2.75) is 41.5 Å². The van der Waals surface area contributed by atoms with Crippen molar-refractivity contribution in [1.29, 1.82) is 0 Å². The third-order valence-electron chi connectivity index (χ3n) is 2.42. The van der Waals surface area contributed by atoms with Gasteiger partial charge in [-0.2, -0.15) is 7.11 Å². The number of phenols is 2. The molecule has 0 saturated carbocycles. The summed E-state index contributed by atoms with van der Waals surface area (Å²) < 4.78 is 4.66. The number of para-hydroxylation sites is 3. The zero-order valence-corrected chi connectivity index (χ0v) is 30.7. The minimum absolute atomic E-state index is 0. The molecule has 0 spiro atoms. The van der Waals surface area contributed by atoms with E-state index >= 15 is 0 Å². The van der Waals surface area contributed by atoms with Crippen LogP contribution in [-0.4, -0.2) is 10.2 Å². The minimum Gasteiger partial charge on any atom is -0.665 e. The number of rotatable bonds is 1. The molecule has 0 unspecified atom stereocenters. The molecular formula is C25H37O3V5W-. The van der Waals surface area contributed by atoms with Gasteiger partial charge >= 0.3 is 0 Å². The molecule has 0 saturated heterocycles. The van der Waals surface area contributed by atoms with Crippen LogP contribution in [0.25, 0.3) is 0 Å². The Bertz CT molecular complexity index is 586. The smallest absolute Gasteiger partial charge is 0.115 e. The largest absolute Gasteiger partial charge is 0.665 e. The van der Waals surface area contributed by atoms with Gasteiger partial charge in [-0.05, 0) is 36.4 Å². The molecule has 3 aromatic carbocycles. The first kappa shape index (κ1) is 59.6. The molecular weight excluding hydrogens is 787 g/mol. The molecule has 187 valence electrons. The van der Waals surface area contributed by atoms with Gasteiger partial charge < -0.3 is 14.9 Å². The molecule has 0 heterocycles. The molecule has 9 heteroatoms. The van der Waals surface area contributed by atoms with Gasteiger partial charge in [-0.1, -0.05) is 96.1 Å². The number of phenolic OH excluding ortho intramolecular Hbond substituents is 2. The van der Waals surface area contributed by atoms with Crippen LogP contribution in [0.5, 0.6) is 17.2 Å². The summed E-state index contributed by atoms with van der Waals surface area (Å²) in [7, 11) is 3.26. The summed E-state index contributed by atoms with van der Waals surface area (Å²) in [6.45, 7) is 12.0. The molecule has 0 amide bonds. The van der Waals surface area contributed by atoms with Crippen molar-refractivity contribution in [2.24, 2.45) is 0 Å². The van der Waals surface area contributed by atoms with Crippen LogP contribution in [0.3, 0.4) is 0 Å². The van der Waals surface area contributed by atoms with E-state index in [4.69, 9.17) is 10.2 Å². The standard InChI is InChI=1S/C7H7O.2C6H6O.3C2H6.5V.W/c1-8-7-5-3-2-4-6-7;2*7-6-4-2-1-3-5-6;3*1-2;;;;;;/h2-6H,1H2;2*1-5,7H;3*1-2H3;;;;;;/q-1;;;;;;;;;;;. The monoisotopic (exact) mass is 824 g/mol. The van der Waals surface area contributed by atoms with Crippen molar-refractivity contribution >= 4 is 0 Å². The Morgan fingerprint density at radius 1 is 0.471 bits per heavy atom. The molecule has 2 N–H and O–H groups in total. The maximum atomic E-state index is 8.63. The van der Waals surface area contributed by atoms with Crippen molar-refractivity contribution < 1.29 is 129 Å². The first-order valence-electron chi connectivity index (χ1n) is 9.67. The normalized spacial score (nSPS) is 6.09. The number of hydrogen-bond acceptors (Lipinski definition) is 3. The van der Waals surface area contributed by atoms with Crippen molar-refractivity contribution in [3.05, 3.63) is 98.1 Å². The Labute approximate surface area is 282 Å². The first-order valence-corrected chi connectivity index (χ1v) is 9.67. The molecule has 34 heavy (non-hydrogen) atoms. The van der Waals surface area contributed by atoms with Gasteiger partial charge in [0.25, 0.3) is 0 Å². The van der Waals surface area contributed by atoms with Crippen LogP contribution in [0.15, 0.2) is 91.0 Å². The fraction of sp³-hybridized carbons (Fsp3) is 0.240. The molecule has 5 radical (unpaired) electrons. The second-order valence-corrected chi connectivity index (χ2v) is 4.13. The average molecular weight is 824 g/mol. The zero-order valence-electron chi connectivity index (χ0n) is 20.8. The van der Waals surface area contributed by atoms with E-state index in [0.717, 1.165) is 5.75 Å². The summed E-state index contributed by atoms with van der Waals surface area (Å²) in [4.78, 5) is 0. The van der Waals surface area contributed by atoms with Gasteiger partial charge in [-0.25, -0.2) is 0 Å². The van der Waals surface area contributed by atoms with E-state index in [-0.39, 0.29) is 114 Å². The van der Waals surface area contributed by atoms with Gasteiger partial charge in [0.15, 0.2) is 0 Å². The first-order chi connectivity index (χ1) is 13.7. The molecule has 0 bridgehead atoms. The molecule has 3 rings (SSSR count). The Hall–Kier alpha value is 0.670. The van der Waals surface area contributed by atoms with Gasteiger partial charge in [-0.15, -0.1) is 0 Å². The third-order valence-corrected chi connectivity index (χ3v) is 2.42. The number of hydrogen-bond donors (Lipinski definition) is 2. The number of benzene rings is 3. The van der Waals surface area contributed by atoms with Crippen molar-refractivity contribution in [2.75, 3.05) is 0 Å². The van der Waals surface area contributed by atoms with Crippen molar-refractivity contribution in [3.8, 4) is 17.2 Å². The number of aromatic hydroxyl groups is 2. The van der Waals surface area contributed by atoms with Crippen LogP contribution in [0.1, 0.15) is 41.5 Å². The maximum Gasteiger partial charge on any atom is 0.115 e. The predicted octanol–water partition coefficient (Wildman–Crippen LogP) is 7.70. The zero-order chi connectivity index (χ0) is 22.0. The summed E-state index contributed by atoms with van der Waals surface area (Å²) in [5.74, 6) is 1.44. The van der Waals surface area contributed by atoms with Crippen LogP contribution >= 0.6 is 0 Å². The fourth-order valence-electron chi connectivity index (χ4n) is 1.37. The van der Waals surface area contributed by atoms with Gasteiger partial charge in [0.2, 0.25) is 0 Å². The van der Waals surface area contributed by atoms with Crippen LogP contribution in [0.2, 0.25) is 0 Å². The van der Waals surface area contributed by atoms with Crippen LogP contribution in [0.4, 0.5) is 0 Å². The summed E-state index contributed by atoms with van der Waals surface area (Å²) >= 11 is 0. The molecule has 0 aliphatic rings. The Kier molecular flexibility index (Phi) is 95.7. The van der Waals surface area contributed by atoms with Crippen molar-refractivity contribution in [3.63, 3.8) is 0 Å². The minimum atomic E-state index is 0. The number of ether oxygens (including phenoxy) is 1. The average Bonchev–Trinajstić information content (AvgIpc) is 2.80. The Balaban J connectivity index is -0.0000000329. The van der Waals surface area contributed by atoms with E-state index in [1.54, 1.807) is 48.5 Å². The van der Waals surface area contributed by atoms with E-state index < -0.39 is 0 Å². The SMILES string of the molecule is CC.CC.CC.Oc1ccccc1.Oc1ccccc1.[CH2-]Oc1ccccc1.[V].[V].[V].[V].[V].[W]. The molecule has 0 fully saturated rings. The van der Waals surface area contributed by atoms with Crippen molar-refractivity contribution in [1.82, 2.24) is 0 Å². The quantitative estimate of drug-likeness (QED) is 0.248. The maximum absolute atomic E-state index is 8.63. The molecule has 3 nitrogen and oxygen atoms in total. The van der Waals surface area contributed by atoms with Crippen LogP contribution < -0.4 is 4.74 Å². The Morgan fingerprint density at radius 2 is 0.676 bits per heavy atom. The van der Waals surface area contributed by atoms with Gasteiger partial charge in [-0.3, -0.25) is 0 Å². The topological polar surface area (TPSA) is 49.7 Å².